The quantitative estimate of drug-likeness (QED) is 0.734. The van der Waals surface area contributed by atoms with Crippen molar-refractivity contribution in [2.24, 2.45) is 0 Å². The highest BCUT2D eigenvalue weighted by atomic mass is 32.2. The van der Waals surface area contributed by atoms with Crippen molar-refractivity contribution in [2.75, 3.05) is 0 Å². The molecule has 6 nitrogen and oxygen atoms in total. The van der Waals surface area contributed by atoms with Gasteiger partial charge in [-0.15, -0.1) is 16.4 Å². The van der Waals surface area contributed by atoms with Crippen LogP contribution in [-0.2, 0) is 5.75 Å². The lowest BCUT2D eigenvalue weighted by molar-refractivity contribution is 0.911. The van der Waals surface area contributed by atoms with Gasteiger partial charge >= 0.3 is 0 Å². The van der Waals surface area contributed by atoms with E-state index in [4.69, 9.17) is 0 Å². The average molecular weight is 276 g/mol. The first-order valence-corrected chi connectivity index (χ1v) is 6.99. The SMILES string of the molecule is c1cnc(-c2nc(CSc3cn[nH]n3)cs2)nc1. The summed E-state index contributed by atoms with van der Waals surface area (Å²) in [6.07, 6.45) is 5.12. The molecular weight excluding hydrogens is 268 g/mol. The minimum absolute atomic E-state index is 0.667. The number of thioether (sulfide) groups is 1. The van der Waals surface area contributed by atoms with E-state index in [1.165, 1.54) is 0 Å². The number of nitrogens with zero attached hydrogens (tertiary/aromatic N) is 5. The molecule has 0 spiro atoms. The Hall–Kier alpha value is -1.80. The molecule has 0 saturated carbocycles. The van der Waals surface area contributed by atoms with Crippen molar-refractivity contribution in [3.05, 3.63) is 35.7 Å². The third-order valence-electron chi connectivity index (χ3n) is 2.07. The molecule has 0 aliphatic rings. The molecule has 0 aromatic carbocycles. The van der Waals surface area contributed by atoms with E-state index >= 15 is 0 Å². The number of aromatic nitrogens is 6. The van der Waals surface area contributed by atoms with Crippen molar-refractivity contribution in [3.63, 3.8) is 0 Å². The van der Waals surface area contributed by atoms with Crippen LogP contribution in [0.25, 0.3) is 10.8 Å². The molecule has 0 atom stereocenters. The molecule has 3 heterocycles. The Labute approximate surface area is 111 Å². The van der Waals surface area contributed by atoms with Crippen LogP contribution < -0.4 is 0 Å². The monoisotopic (exact) mass is 276 g/mol. The summed E-state index contributed by atoms with van der Waals surface area (Å²) in [4.78, 5) is 12.8. The fourth-order valence-corrected chi connectivity index (χ4v) is 2.84. The van der Waals surface area contributed by atoms with E-state index in [0.717, 1.165) is 21.5 Å². The molecular formula is C10H8N6S2. The zero-order valence-electron chi connectivity index (χ0n) is 9.15. The molecule has 1 N–H and O–H groups in total. The molecule has 3 aromatic rings. The van der Waals surface area contributed by atoms with Crippen molar-refractivity contribution in [1.29, 1.82) is 0 Å². The lowest BCUT2D eigenvalue weighted by Crippen LogP contribution is -1.87. The second-order valence-electron chi connectivity index (χ2n) is 3.31. The van der Waals surface area contributed by atoms with Crippen LogP contribution in [0.4, 0.5) is 0 Å². The van der Waals surface area contributed by atoms with Gasteiger partial charge in [0.15, 0.2) is 10.8 Å². The van der Waals surface area contributed by atoms with Gasteiger partial charge in [0.05, 0.1) is 11.9 Å². The van der Waals surface area contributed by atoms with Gasteiger partial charge < -0.3 is 0 Å². The lowest BCUT2D eigenvalue weighted by atomic mass is 10.5. The molecule has 18 heavy (non-hydrogen) atoms. The van der Waals surface area contributed by atoms with Crippen LogP contribution in [0.5, 0.6) is 0 Å². The first-order valence-electron chi connectivity index (χ1n) is 5.12. The molecule has 0 saturated heterocycles. The molecule has 3 rings (SSSR count). The van der Waals surface area contributed by atoms with Gasteiger partial charge in [-0.2, -0.15) is 10.3 Å². The predicted molar refractivity (Wildman–Crippen MR) is 69.1 cm³/mol. The maximum atomic E-state index is 4.49. The van der Waals surface area contributed by atoms with E-state index < -0.39 is 0 Å². The summed E-state index contributed by atoms with van der Waals surface area (Å²) in [6, 6.07) is 1.79. The van der Waals surface area contributed by atoms with Crippen molar-refractivity contribution in [2.45, 2.75) is 10.8 Å². The van der Waals surface area contributed by atoms with Crippen molar-refractivity contribution in [1.82, 2.24) is 30.4 Å². The topological polar surface area (TPSA) is 80.2 Å². The van der Waals surface area contributed by atoms with Crippen LogP contribution in [0.2, 0.25) is 0 Å². The first-order chi connectivity index (χ1) is 8.92. The van der Waals surface area contributed by atoms with Gasteiger partial charge in [-0.3, -0.25) is 0 Å². The zero-order chi connectivity index (χ0) is 12.2. The third kappa shape index (κ3) is 2.54. The minimum atomic E-state index is 0.667. The van der Waals surface area contributed by atoms with Crippen LogP contribution in [-0.4, -0.2) is 30.4 Å². The molecule has 0 aliphatic carbocycles. The summed E-state index contributed by atoms with van der Waals surface area (Å²) in [5.41, 5.74) is 0.996. The number of hydrogen-bond donors (Lipinski definition) is 1. The van der Waals surface area contributed by atoms with E-state index in [1.807, 2.05) is 5.38 Å². The van der Waals surface area contributed by atoms with Crippen LogP contribution in [0.1, 0.15) is 5.69 Å². The normalized spacial score (nSPS) is 10.7. The van der Waals surface area contributed by atoms with Crippen molar-refractivity contribution >= 4 is 23.1 Å². The van der Waals surface area contributed by atoms with Gasteiger partial charge in [0.1, 0.15) is 5.03 Å². The van der Waals surface area contributed by atoms with Crippen LogP contribution in [0.15, 0.2) is 35.1 Å². The Morgan fingerprint density at radius 3 is 2.94 bits per heavy atom. The summed E-state index contributed by atoms with van der Waals surface area (Å²) in [6.45, 7) is 0. The lowest BCUT2D eigenvalue weighted by Gasteiger charge is -1.93. The van der Waals surface area contributed by atoms with E-state index in [-0.39, 0.29) is 0 Å². The highest BCUT2D eigenvalue weighted by Gasteiger charge is 2.07. The van der Waals surface area contributed by atoms with Crippen molar-refractivity contribution in [3.8, 4) is 10.8 Å². The predicted octanol–water partition coefficient (Wildman–Crippen LogP) is 2.01. The Morgan fingerprint density at radius 1 is 1.28 bits per heavy atom. The number of H-pyrrole nitrogens is 1. The van der Waals surface area contributed by atoms with E-state index in [0.29, 0.717) is 5.82 Å². The van der Waals surface area contributed by atoms with E-state index in [9.17, 15) is 0 Å². The fourth-order valence-electron chi connectivity index (χ4n) is 1.29. The number of hydrogen-bond acceptors (Lipinski definition) is 7. The highest BCUT2D eigenvalue weighted by Crippen LogP contribution is 2.24. The standard InChI is InChI=1S/C10H8N6S2/c1-2-11-9(12-3-1)10-14-7(6-18-10)5-17-8-4-13-16-15-8/h1-4,6H,5H2,(H,13,15,16). The molecule has 0 unspecified atom stereocenters. The Balaban J connectivity index is 1.70. The first kappa shape index (κ1) is 11.3. The third-order valence-corrected chi connectivity index (χ3v) is 3.89. The van der Waals surface area contributed by atoms with E-state index in [1.54, 1.807) is 47.8 Å². The molecule has 0 aliphatic heterocycles. The van der Waals surface area contributed by atoms with Gasteiger partial charge in [-0.1, -0.05) is 11.8 Å². The zero-order valence-corrected chi connectivity index (χ0v) is 10.8. The van der Waals surface area contributed by atoms with Gasteiger partial charge in [-0.25, -0.2) is 15.0 Å². The summed E-state index contributed by atoms with van der Waals surface area (Å²) >= 11 is 3.13. The average Bonchev–Trinajstić information content (AvgIpc) is 3.09. The van der Waals surface area contributed by atoms with Gasteiger partial charge in [0.25, 0.3) is 0 Å². The van der Waals surface area contributed by atoms with Crippen LogP contribution in [0, 0.1) is 0 Å². The number of thiazole rings is 1. The van der Waals surface area contributed by atoms with Crippen molar-refractivity contribution < 1.29 is 0 Å². The van der Waals surface area contributed by atoms with Gasteiger partial charge in [0.2, 0.25) is 0 Å². The number of aromatic amines is 1. The van der Waals surface area contributed by atoms with Crippen LogP contribution >= 0.6 is 23.1 Å². The summed E-state index contributed by atoms with van der Waals surface area (Å²) in [5.74, 6) is 1.43. The van der Waals surface area contributed by atoms with Gasteiger partial charge in [0, 0.05) is 23.5 Å². The Morgan fingerprint density at radius 2 is 2.17 bits per heavy atom. The second-order valence-corrected chi connectivity index (χ2v) is 5.17. The highest BCUT2D eigenvalue weighted by molar-refractivity contribution is 7.98. The summed E-state index contributed by atoms with van der Waals surface area (Å²) < 4.78 is 0. The Bertz CT molecular complexity index is 606. The Kier molecular flexibility index (Phi) is 3.29. The second kappa shape index (κ2) is 5.23. The molecule has 0 amide bonds. The number of rotatable bonds is 4. The summed E-state index contributed by atoms with van der Waals surface area (Å²) in [7, 11) is 0. The fraction of sp³-hybridized carbons (Fsp3) is 0.100. The molecule has 0 bridgehead atoms. The maximum Gasteiger partial charge on any atom is 0.188 e. The molecule has 90 valence electrons. The van der Waals surface area contributed by atoms with Gasteiger partial charge in [-0.05, 0) is 6.07 Å². The van der Waals surface area contributed by atoms with E-state index in [2.05, 4.69) is 30.4 Å². The molecule has 3 aromatic heterocycles. The minimum Gasteiger partial charge on any atom is -0.237 e. The maximum absolute atomic E-state index is 4.49. The summed E-state index contributed by atoms with van der Waals surface area (Å²) in [5, 5.41) is 14.0. The smallest absolute Gasteiger partial charge is 0.188 e. The molecule has 8 heteroatoms. The number of nitrogens with one attached hydrogen (secondary N) is 1. The molecule has 0 radical (unpaired) electrons. The van der Waals surface area contributed by atoms with Crippen LogP contribution in [0.3, 0.4) is 0 Å². The largest absolute Gasteiger partial charge is 0.237 e. The molecule has 0 fully saturated rings.